The lowest BCUT2D eigenvalue weighted by Gasteiger charge is -2.14. The molecule has 0 aliphatic carbocycles. The lowest BCUT2D eigenvalue weighted by Crippen LogP contribution is -2.06. The Kier molecular flexibility index (Phi) is 3.01. The number of rotatable bonds is 3. The van der Waals surface area contributed by atoms with Gasteiger partial charge in [-0.15, -0.1) is 11.3 Å². The standard InChI is InChI=1S/C12H17N3S/c1-8-5-6-16-12(8)9(2)14-11-7-13-15(4)10(11)3/h5-7,9,14H,1-4H3. The maximum atomic E-state index is 4.23. The second kappa shape index (κ2) is 4.29. The second-order valence-electron chi connectivity index (χ2n) is 4.10. The highest BCUT2D eigenvalue weighted by molar-refractivity contribution is 7.10. The van der Waals surface area contributed by atoms with Crippen LogP contribution < -0.4 is 5.32 Å². The van der Waals surface area contributed by atoms with E-state index in [4.69, 9.17) is 0 Å². The average Bonchev–Trinajstić information content (AvgIpc) is 2.79. The van der Waals surface area contributed by atoms with E-state index in [2.05, 4.69) is 42.6 Å². The average molecular weight is 235 g/mol. The number of aryl methyl sites for hydroxylation is 2. The van der Waals surface area contributed by atoms with E-state index in [9.17, 15) is 0 Å². The van der Waals surface area contributed by atoms with Crippen molar-refractivity contribution in [1.82, 2.24) is 9.78 Å². The second-order valence-corrected chi connectivity index (χ2v) is 5.05. The molecule has 0 aliphatic rings. The molecule has 0 amide bonds. The van der Waals surface area contributed by atoms with E-state index in [0.717, 1.165) is 5.69 Å². The summed E-state index contributed by atoms with van der Waals surface area (Å²) in [7, 11) is 1.96. The highest BCUT2D eigenvalue weighted by atomic mass is 32.1. The minimum Gasteiger partial charge on any atom is -0.375 e. The molecule has 1 N–H and O–H groups in total. The first-order valence-electron chi connectivity index (χ1n) is 5.38. The molecule has 0 radical (unpaired) electrons. The third kappa shape index (κ3) is 1.97. The first-order valence-corrected chi connectivity index (χ1v) is 6.26. The molecular weight excluding hydrogens is 218 g/mol. The quantitative estimate of drug-likeness (QED) is 0.885. The Hall–Kier alpha value is -1.29. The SMILES string of the molecule is Cc1ccsc1C(C)Nc1cnn(C)c1C. The van der Waals surface area contributed by atoms with Gasteiger partial charge < -0.3 is 5.32 Å². The highest BCUT2D eigenvalue weighted by Crippen LogP contribution is 2.27. The Balaban J connectivity index is 2.17. The monoisotopic (exact) mass is 235 g/mol. The van der Waals surface area contributed by atoms with Gasteiger partial charge in [0, 0.05) is 11.9 Å². The van der Waals surface area contributed by atoms with Gasteiger partial charge in [-0.1, -0.05) is 0 Å². The summed E-state index contributed by atoms with van der Waals surface area (Å²) in [6, 6.07) is 2.50. The van der Waals surface area contributed by atoms with Crippen LogP contribution in [0.2, 0.25) is 0 Å². The van der Waals surface area contributed by atoms with Gasteiger partial charge in [0.15, 0.2) is 0 Å². The fourth-order valence-corrected chi connectivity index (χ4v) is 2.70. The number of thiophene rings is 1. The molecule has 0 saturated heterocycles. The Morgan fingerprint density at radius 2 is 2.19 bits per heavy atom. The van der Waals surface area contributed by atoms with Gasteiger partial charge in [-0.3, -0.25) is 4.68 Å². The molecule has 86 valence electrons. The molecule has 0 bridgehead atoms. The summed E-state index contributed by atoms with van der Waals surface area (Å²) in [5, 5.41) is 9.87. The zero-order chi connectivity index (χ0) is 11.7. The van der Waals surface area contributed by atoms with Gasteiger partial charge in [0.05, 0.1) is 23.6 Å². The van der Waals surface area contributed by atoms with Crippen LogP contribution in [0.5, 0.6) is 0 Å². The van der Waals surface area contributed by atoms with Crippen molar-refractivity contribution in [3.8, 4) is 0 Å². The molecule has 1 atom stereocenters. The van der Waals surface area contributed by atoms with E-state index >= 15 is 0 Å². The normalized spacial score (nSPS) is 12.8. The molecule has 0 aromatic carbocycles. The van der Waals surface area contributed by atoms with Crippen molar-refractivity contribution in [1.29, 1.82) is 0 Å². The highest BCUT2D eigenvalue weighted by Gasteiger charge is 2.12. The van der Waals surface area contributed by atoms with Crippen molar-refractivity contribution in [2.24, 2.45) is 7.05 Å². The number of hydrogen-bond acceptors (Lipinski definition) is 3. The molecule has 2 heterocycles. The molecule has 0 fully saturated rings. The van der Waals surface area contributed by atoms with Crippen LogP contribution in [-0.4, -0.2) is 9.78 Å². The Labute approximate surface area is 100 Å². The van der Waals surface area contributed by atoms with Gasteiger partial charge in [-0.2, -0.15) is 5.10 Å². The molecule has 1 unspecified atom stereocenters. The van der Waals surface area contributed by atoms with E-state index < -0.39 is 0 Å². The van der Waals surface area contributed by atoms with Gasteiger partial charge >= 0.3 is 0 Å². The van der Waals surface area contributed by atoms with E-state index in [1.165, 1.54) is 16.1 Å². The lowest BCUT2D eigenvalue weighted by atomic mass is 10.2. The number of nitrogens with zero attached hydrogens (tertiary/aromatic N) is 2. The van der Waals surface area contributed by atoms with Crippen molar-refractivity contribution in [2.75, 3.05) is 5.32 Å². The lowest BCUT2D eigenvalue weighted by molar-refractivity contribution is 0.739. The predicted molar refractivity (Wildman–Crippen MR) is 69.0 cm³/mol. The Bertz CT molecular complexity index is 484. The van der Waals surface area contributed by atoms with Crippen molar-refractivity contribution in [3.63, 3.8) is 0 Å². The van der Waals surface area contributed by atoms with Crippen molar-refractivity contribution in [3.05, 3.63) is 33.8 Å². The van der Waals surface area contributed by atoms with E-state index in [0.29, 0.717) is 6.04 Å². The van der Waals surface area contributed by atoms with Crippen LogP contribution in [0, 0.1) is 13.8 Å². The van der Waals surface area contributed by atoms with Gasteiger partial charge in [0.1, 0.15) is 0 Å². The van der Waals surface area contributed by atoms with E-state index in [-0.39, 0.29) is 0 Å². The van der Waals surface area contributed by atoms with Gasteiger partial charge in [-0.05, 0) is 37.8 Å². The zero-order valence-corrected chi connectivity index (χ0v) is 10.9. The minimum atomic E-state index is 0.336. The molecular formula is C12H17N3S. The summed E-state index contributed by atoms with van der Waals surface area (Å²) in [5.74, 6) is 0. The topological polar surface area (TPSA) is 29.9 Å². The summed E-state index contributed by atoms with van der Waals surface area (Å²) in [4.78, 5) is 1.39. The number of aromatic nitrogens is 2. The van der Waals surface area contributed by atoms with Crippen LogP contribution in [0.15, 0.2) is 17.6 Å². The molecule has 0 spiro atoms. The van der Waals surface area contributed by atoms with Crippen molar-refractivity contribution < 1.29 is 0 Å². The zero-order valence-electron chi connectivity index (χ0n) is 10.1. The van der Waals surface area contributed by atoms with Crippen molar-refractivity contribution in [2.45, 2.75) is 26.8 Å². The van der Waals surface area contributed by atoms with Gasteiger partial charge in [-0.25, -0.2) is 0 Å². The fraction of sp³-hybridized carbons (Fsp3) is 0.417. The van der Waals surface area contributed by atoms with Crippen LogP contribution >= 0.6 is 11.3 Å². The largest absolute Gasteiger partial charge is 0.375 e. The summed E-state index contributed by atoms with van der Waals surface area (Å²) >= 11 is 1.80. The summed E-state index contributed by atoms with van der Waals surface area (Å²) in [5.41, 5.74) is 3.63. The first kappa shape index (κ1) is 11.2. The number of anilines is 1. The molecule has 4 heteroatoms. The maximum absolute atomic E-state index is 4.23. The first-order chi connectivity index (χ1) is 7.59. The maximum Gasteiger partial charge on any atom is 0.0761 e. The third-order valence-electron chi connectivity index (χ3n) is 2.90. The molecule has 16 heavy (non-hydrogen) atoms. The smallest absolute Gasteiger partial charge is 0.0761 e. The van der Waals surface area contributed by atoms with Crippen LogP contribution in [-0.2, 0) is 7.05 Å². The Morgan fingerprint density at radius 1 is 1.44 bits per heavy atom. The van der Waals surface area contributed by atoms with Crippen LogP contribution in [0.3, 0.4) is 0 Å². The van der Waals surface area contributed by atoms with Crippen molar-refractivity contribution >= 4 is 17.0 Å². The molecule has 3 nitrogen and oxygen atoms in total. The summed E-state index contributed by atoms with van der Waals surface area (Å²) in [6.45, 7) is 6.41. The summed E-state index contributed by atoms with van der Waals surface area (Å²) in [6.07, 6.45) is 1.88. The predicted octanol–water partition coefficient (Wildman–Crippen LogP) is 3.27. The van der Waals surface area contributed by atoms with Crippen LogP contribution in [0.1, 0.15) is 29.1 Å². The number of hydrogen-bond donors (Lipinski definition) is 1. The molecule has 2 rings (SSSR count). The fourth-order valence-electron chi connectivity index (χ4n) is 1.77. The minimum absolute atomic E-state index is 0.336. The van der Waals surface area contributed by atoms with Gasteiger partial charge in [0.2, 0.25) is 0 Å². The number of nitrogens with one attached hydrogen (secondary N) is 1. The van der Waals surface area contributed by atoms with Gasteiger partial charge in [0.25, 0.3) is 0 Å². The third-order valence-corrected chi connectivity index (χ3v) is 4.10. The van der Waals surface area contributed by atoms with Crippen LogP contribution in [0.25, 0.3) is 0 Å². The molecule has 0 aliphatic heterocycles. The van der Waals surface area contributed by atoms with E-state index in [1.54, 1.807) is 11.3 Å². The summed E-state index contributed by atoms with van der Waals surface area (Å²) < 4.78 is 1.89. The Morgan fingerprint density at radius 3 is 2.69 bits per heavy atom. The molecule has 2 aromatic heterocycles. The molecule has 0 saturated carbocycles. The van der Waals surface area contributed by atoms with E-state index in [1.807, 2.05) is 17.9 Å². The molecule has 2 aromatic rings. The van der Waals surface area contributed by atoms with Crippen LogP contribution in [0.4, 0.5) is 5.69 Å².